The molecule has 9 nitrogen and oxygen atoms in total. The van der Waals surface area contributed by atoms with Crippen molar-refractivity contribution in [3.63, 3.8) is 0 Å². The number of carbonyl (C=O) groups excluding carboxylic acids is 2. The molecule has 0 saturated heterocycles. The van der Waals surface area contributed by atoms with E-state index in [-0.39, 0.29) is 23.2 Å². The van der Waals surface area contributed by atoms with Gasteiger partial charge in [-0.3, -0.25) is 4.79 Å². The monoisotopic (exact) mass is 511 g/mol. The maximum Gasteiger partial charge on any atom is 0.573 e. The number of primary sulfonamides is 1. The Labute approximate surface area is 198 Å². The summed E-state index contributed by atoms with van der Waals surface area (Å²) in [7, 11) is -3.85. The summed E-state index contributed by atoms with van der Waals surface area (Å²) in [6, 6.07) is 10.4. The van der Waals surface area contributed by atoms with E-state index in [2.05, 4.69) is 4.74 Å². The van der Waals surface area contributed by atoms with Gasteiger partial charge in [-0.25, -0.2) is 18.4 Å². The Morgan fingerprint density at radius 2 is 1.43 bits per heavy atom. The average molecular weight is 511 g/mol. The summed E-state index contributed by atoms with van der Waals surface area (Å²) in [4.78, 5) is 28.2. The van der Waals surface area contributed by atoms with E-state index in [1.54, 1.807) is 4.90 Å². The van der Waals surface area contributed by atoms with Gasteiger partial charge < -0.3 is 19.3 Å². The van der Waals surface area contributed by atoms with Gasteiger partial charge in [-0.05, 0) is 53.1 Å². The lowest BCUT2D eigenvalue weighted by molar-refractivity contribution is -0.274. The lowest BCUT2D eigenvalue weighted by Gasteiger charge is -2.23. The predicted molar refractivity (Wildman–Crippen MR) is 116 cm³/mol. The first-order valence-electron chi connectivity index (χ1n) is 10.3. The number of nitrogens with two attached hydrogens (primary N) is 1. The van der Waals surface area contributed by atoms with Gasteiger partial charge in [-0.2, -0.15) is 0 Å². The fourth-order valence-corrected chi connectivity index (χ4v) is 4.36. The Morgan fingerprint density at radius 1 is 0.886 bits per heavy atom. The number of ether oxygens (including phenoxy) is 2. The van der Waals surface area contributed by atoms with Crippen LogP contribution in [0.5, 0.6) is 5.75 Å². The van der Waals surface area contributed by atoms with Crippen LogP contribution in [0.25, 0.3) is 0 Å². The Morgan fingerprint density at radius 3 is 1.94 bits per heavy atom. The van der Waals surface area contributed by atoms with Crippen molar-refractivity contribution < 1.29 is 40.7 Å². The first-order chi connectivity index (χ1) is 16.4. The van der Waals surface area contributed by atoms with Crippen LogP contribution >= 0.6 is 0 Å². The number of benzene rings is 2. The van der Waals surface area contributed by atoms with E-state index in [0.29, 0.717) is 37.3 Å². The fraction of sp³-hybridized carbons (Fsp3) is 0.273. The molecule has 2 aliphatic heterocycles. The molecule has 0 fully saturated rings. The molecule has 2 aromatic carbocycles. The summed E-state index contributed by atoms with van der Waals surface area (Å²) < 4.78 is 68.5. The molecular weight excluding hydrogens is 491 g/mol. The fourth-order valence-electron chi connectivity index (χ4n) is 3.85. The molecule has 2 N–H and O–H groups in total. The standard InChI is InChI=1S/C22H20F3N3O6S/c23-22(24,25)34-18-5-1-14(2-6-18)13-33-21(30)28-11-16-9-27(10-17(16)12-28)20(29)15-3-7-19(8-4-15)35(26,31)32/h1-8H,9-13H2,(H2,26,31,32). The molecule has 2 heterocycles. The lowest BCUT2D eigenvalue weighted by atomic mass is 10.2. The number of rotatable bonds is 5. The van der Waals surface area contributed by atoms with E-state index in [0.717, 1.165) is 23.3 Å². The molecule has 2 aromatic rings. The van der Waals surface area contributed by atoms with Crippen LogP contribution in [-0.2, 0) is 21.4 Å². The number of halogens is 3. The van der Waals surface area contributed by atoms with Crippen molar-refractivity contribution >= 4 is 22.0 Å². The van der Waals surface area contributed by atoms with Crippen LogP contribution in [0.1, 0.15) is 15.9 Å². The first-order valence-corrected chi connectivity index (χ1v) is 11.8. The van der Waals surface area contributed by atoms with Gasteiger partial charge in [-0.1, -0.05) is 12.1 Å². The van der Waals surface area contributed by atoms with Gasteiger partial charge in [0.2, 0.25) is 10.0 Å². The van der Waals surface area contributed by atoms with E-state index in [4.69, 9.17) is 9.88 Å². The SMILES string of the molecule is NS(=O)(=O)c1ccc(C(=O)N2CC3=C(CN(C(=O)OCc4ccc(OC(F)(F)F)cc4)C3)C2)cc1. The smallest absolute Gasteiger partial charge is 0.445 e. The Bertz CT molecular complexity index is 1260. The zero-order valence-corrected chi connectivity index (χ0v) is 18.9. The van der Waals surface area contributed by atoms with Crippen LogP contribution in [0.2, 0.25) is 0 Å². The topological polar surface area (TPSA) is 119 Å². The average Bonchev–Trinajstić information content (AvgIpc) is 3.36. The molecule has 0 unspecified atom stereocenters. The molecule has 0 atom stereocenters. The number of carbonyl (C=O) groups is 2. The molecule has 2 aliphatic rings. The Hall–Kier alpha value is -3.58. The molecule has 186 valence electrons. The van der Waals surface area contributed by atoms with Gasteiger partial charge in [-0.15, -0.1) is 13.2 Å². The normalized spacial score (nSPS) is 15.9. The zero-order chi connectivity index (χ0) is 25.4. The molecular formula is C22H20F3N3O6S. The molecule has 13 heteroatoms. The van der Waals surface area contributed by atoms with Crippen molar-refractivity contribution in [2.75, 3.05) is 26.2 Å². The molecule has 0 aromatic heterocycles. The quantitative estimate of drug-likeness (QED) is 0.617. The highest BCUT2D eigenvalue weighted by atomic mass is 32.2. The number of hydrogen-bond acceptors (Lipinski definition) is 6. The lowest BCUT2D eigenvalue weighted by Crippen LogP contribution is -2.36. The van der Waals surface area contributed by atoms with Gasteiger partial charge in [0.15, 0.2) is 0 Å². The third kappa shape index (κ3) is 5.92. The molecule has 0 bridgehead atoms. The van der Waals surface area contributed by atoms with Crippen molar-refractivity contribution in [3.05, 3.63) is 70.8 Å². The van der Waals surface area contributed by atoms with Crippen molar-refractivity contribution in [2.45, 2.75) is 17.9 Å². The molecule has 35 heavy (non-hydrogen) atoms. The summed E-state index contributed by atoms with van der Waals surface area (Å²) >= 11 is 0. The maximum atomic E-state index is 12.8. The van der Waals surface area contributed by atoms with Crippen molar-refractivity contribution in [1.82, 2.24) is 9.80 Å². The van der Waals surface area contributed by atoms with Crippen LogP contribution in [-0.4, -0.2) is 62.8 Å². The Balaban J connectivity index is 1.26. The number of amides is 2. The molecule has 0 saturated carbocycles. The first kappa shape index (κ1) is 24.5. The van der Waals surface area contributed by atoms with E-state index in [1.807, 2.05) is 0 Å². The zero-order valence-electron chi connectivity index (χ0n) is 18.1. The number of nitrogens with zero attached hydrogens (tertiary/aromatic N) is 2. The van der Waals surface area contributed by atoms with Crippen LogP contribution in [0.4, 0.5) is 18.0 Å². The highest BCUT2D eigenvalue weighted by molar-refractivity contribution is 7.89. The van der Waals surface area contributed by atoms with Gasteiger partial charge in [0.05, 0.1) is 4.90 Å². The van der Waals surface area contributed by atoms with Crippen LogP contribution in [0.3, 0.4) is 0 Å². The molecule has 2 amide bonds. The van der Waals surface area contributed by atoms with E-state index < -0.39 is 22.5 Å². The van der Waals surface area contributed by atoms with Crippen molar-refractivity contribution in [2.24, 2.45) is 5.14 Å². The summed E-state index contributed by atoms with van der Waals surface area (Å²) in [5.41, 5.74) is 2.66. The summed E-state index contributed by atoms with van der Waals surface area (Å²) in [5.74, 6) is -0.639. The van der Waals surface area contributed by atoms with Crippen molar-refractivity contribution in [1.29, 1.82) is 0 Å². The second kappa shape index (κ2) is 9.23. The van der Waals surface area contributed by atoms with Crippen molar-refractivity contribution in [3.8, 4) is 5.75 Å². The third-order valence-corrected chi connectivity index (χ3v) is 6.45. The van der Waals surface area contributed by atoms with E-state index >= 15 is 0 Å². The highest BCUT2D eigenvalue weighted by Crippen LogP contribution is 2.28. The minimum Gasteiger partial charge on any atom is -0.445 e. The minimum absolute atomic E-state index is 0.0872. The Kier molecular flexibility index (Phi) is 6.47. The summed E-state index contributed by atoms with van der Waals surface area (Å²) in [5, 5.41) is 5.07. The summed E-state index contributed by atoms with van der Waals surface area (Å²) in [6.45, 7) is 1.12. The van der Waals surface area contributed by atoms with Crippen LogP contribution in [0, 0.1) is 0 Å². The van der Waals surface area contributed by atoms with Gasteiger partial charge in [0.25, 0.3) is 5.91 Å². The third-order valence-electron chi connectivity index (χ3n) is 5.52. The second-order valence-corrected chi connectivity index (χ2v) is 9.60. The second-order valence-electron chi connectivity index (χ2n) is 8.04. The number of sulfonamides is 1. The molecule has 4 rings (SSSR count). The van der Waals surface area contributed by atoms with Gasteiger partial charge in [0, 0.05) is 31.7 Å². The molecule has 0 spiro atoms. The van der Waals surface area contributed by atoms with Crippen LogP contribution < -0.4 is 9.88 Å². The molecule has 0 aliphatic carbocycles. The predicted octanol–water partition coefficient (Wildman–Crippen LogP) is 2.64. The minimum atomic E-state index is -4.78. The van der Waals surface area contributed by atoms with Gasteiger partial charge >= 0.3 is 12.5 Å². The number of alkyl halides is 3. The maximum absolute atomic E-state index is 12.8. The van der Waals surface area contributed by atoms with Crippen LogP contribution in [0.15, 0.2) is 64.6 Å². The van der Waals surface area contributed by atoms with E-state index in [1.165, 1.54) is 41.3 Å². The number of hydrogen-bond donors (Lipinski definition) is 1. The summed E-state index contributed by atoms with van der Waals surface area (Å²) in [6.07, 6.45) is -5.36. The highest BCUT2D eigenvalue weighted by Gasteiger charge is 2.35. The van der Waals surface area contributed by atoms with Gasteiger partial charge in [0.1, 0.15) is 12.4 Å². The largest absolute Gasteiger partial charge is 0.573 e. The van der Waals surface area contributed by atoms with E-state index in [9.17, 15) is 31.2 Å². The molecule has 0 radical (unpaired) electrons.